The van der Waals surface area contributed by atoms with Crippen molar-refractivity contribution in [2.45, 2.75) is 6.92 Å². The monoisotopic (exact) mass is 203 g/mol. The van der Waals surface area contributed by atoms with Gasteiger partial charge in [-0.2, -0.15) is 0 Å². The minimum Gasteiger partial charge on any atom is -0.464 e. The van der Waals surface area contributed by atoms with Crippen LogP contribution in [0.1, 0.15) is 6.92 Å². The fourth-order valence-corrected chi connectivity index (χ4v) is 0.817. The molecule has 0 saturated heterocycles. The van der Waals surface area contributed by atoms with Gasteiger partial charge in [-0.25, -0.2) is 0 Å². The summed E-state index contributed by atoms with van der Waals surface area (Å²) in [5.41, 5.74) is 0. The lowest BCUT2D eigenvalue weighted by molar-refractivity contribution is -0.141. The van der Waals surface area contributed by atoms with Gasteiger partial charge in [0.15, 0.2) is 0 Å². The highest BCUT2D eigenvalue weighted by molar-refractivity contribution is 8.01. The molecule has 5 heteroatoms. The van der Waals surface area contributed by atoms with Gasteiger partial charge in [0.1, 0.15) is 6.61 Å². The Bertz CT molecular complexity index is 204. The lowest BCUT2D eigenvalue weighted by Gasteiger charge is -2.01. The predicted molar refractivity (Wildman–Crippen MR) is 52.3 cm³/mol. The van der Waals surface area contributed by atoms with Gasteiger partial charge < -0.3 is 10.1 Å². The lowest BCUT2D eigenvalue weighted by atomic mass is 10.5. The van der Waals surface area contributed by atoms with Crippen LogP contribution in [-0.2, 0) is 14.3 Å². The van der Waals surface area contributed by atoms with E-state index in [9.17, 15) is 9.59 Å². The van der Waals surface area contributed by atoms with Crippen LogP contribution in [0, 0.1) is 0 Å². The highest BCUT2D eigenvalue weighted by atomic mass is 32.2. The van der Waals surface area contributed by atoms with Crippen LogP contribution in [0.4, 0.5) is 0 Å². The number of thioether (sulfide) groups is 1. The molecular weight excluding hydrogens is 190 g/mol. The predicted octanol–water partition coefficient (Wildman–Crippen LogP) is 0.542. The number of hydrogen-bond donors (Lipinski definition) is 1. The maximum absolute atomic E-state index is 10.9. The third kappa shape index (κ3) is 8.94. The van der Waals surface area contributed by atoms with Crippen molar-refractivity contribution in [1.29, 1.82) is 0 Å². The molecule has 0 radical (unpaired) electrons. The second-order valence-corrected chi connectivity index (χ2v) is 2.91. The van der Waals surface area contributed by atoms with Crippen molar-refractivity contribution in [3.05, 3.63) is 11.5 Å². The van der Waals surface area contributed by atoms with E-state index in [1.165, 1.54) is 24.8 Å². The molecule has 0 aromatic carbocycles. The summed E-state index contributed by atoms with van der Waals surface area (Å²) in [6, 6.07) is 0. The molecule has 0 fully saturated rings. The minimum absolute atomic E-state index is 0.179. The standard InChI is InChI=1S/C8H13NO3S/c1-7(10)12-5-4-9-8(11)3-6-13-2/h3,6H,4-5H2,1-2H3,(H,9,11)/b6-3+. The maximum atomic E-state index is 10.9. The minimum atomic E-state index is -0.339. The van der Waals surface area contributed by atoms with Crippen LogP contribution in [0.25, 0.3) is 0 Å². The van der Waals surface area contributed by atoms with Crippen LogP contribution in [0.2, 0.25) is 0 Å². The van der Waals surface area contributed by atoms with Gasteiger partial charge in [-0.05, 0) is 11.7 Å². The van der Waals surface area contributed by atoms with Gasteiger partial charge in [0.05, 0.1) is 6.54 Å². The number of ether oxygens (including phenoxy) is 1. The molecule has 4 nitrogen and oxygen atoms in total. The number of rotatable bonds is 5. The first-order valence-electron chi connectivity index (χ1n) is 3.77. The van der Waals surface area contributed by atoms with E-state index in [-0.39, 0.29) is 18.5 Å². The molecule has 0 aromatic rings. The number of hydrogen-bond acceptors (Lipinski definition) is 4. The van der Waals surface area contributed by atoms with Gasteiger partial charge in [-0.1, -0.05) is 0 Å². The average molecular weight is 203 g/mol. The topological polar surface area (TPSA) is 55.4 Å². The summed E-state index contributed by atoms with van der Waals surface area (Å²) in [6.45, 7) is 1.89. The van der Waals surface area contributed by atoms with Crippen LogP contribution in [0.5, 0.6) is 0 Å². The van der Waals surface area contributed by atoms with Crippen molar-refractivity contribution in [3.8, 4) is 0 Å². The van der Waals surface area contributed by atoms with E-state index in [1.807, 2.05) is 6.26 Å². The van der Waals surface area contributed by atoms with Crippen molar-refractivity contribution in [1.82, 2.24) is 5.32 Å². The van der Waals surface area contributed by atoms with E-state index in [1.54, 1.807) is 5.41 Å². The zero-order valence-corrected chi connectivity index (χ0v) is 8.52. The van der Waals surface area contributed by atoms with E-state index in [2.05, 4.69) is 10.1 Å². The molecule has 13 heavy (non-hydrogen) atoms. The van der Waals surface area contributed by atoms with Crippen LogP contribution >= 0.6 is 11.8 Å². The molecule has 1 N–H and O–H groups in total. The molecule has 0 rings (SSSR count). The zero-order valence-electron chi connectivity index (χ0n) is 7.70. The molecule has 0 spiro atoms. The lowest BCUT2D eigenvalue weighted by Crippen LogP contribution is -2.25. The number of nitrogens with one attached hydrogen (secondary N) is 1. The summed E-state index contributed by atoms with van der Waals surface area (Å²) < 4.78 is 4.61. The molecule has 1 amide bonds. The first-order valence-corrected chi connectivity index (χ1v) is 5.06. The maximum Gasteiger partial charge on any atom is 0.302 e. The highest BCUT2D eigenvalue weighted by Gasteiger charge is 1.95. The Kier molecular flexibility index (Phi) is 7.10. The molecule has 0 aliphatic heterocycles. The SMILES string of the molecule is CS/C=C/C(=O)NCCOC(C)=O. The second-order valence-electron chi connectivity index (χ2n) is 2.17. The van der Waals surface area contributed by atoms with Crippen LogP contribution < -0.4 is 5.32 Å². The van der Waals surface area contributed by atoms with Crippen molar-refractivity contribution >= 4 is 23.6 Å². The Morgan fingerprint density at radius 2 is 2.23 bits per heavy atom. The number of carbonyl (C=O) groups is 2. The van der Waals surface area contributed by atoms with Gasteiger partial charge in [0, 0.05) is 13.0 Å². The Labute approximate surface area is 81.7 Å². The number of esters is 1. The van der Waals surface area contributed by atoms with E-state index in [4.69, 9.17) is 0 Å². The molecule has 0 unspecified atom stereocenters. The summed E-state index contributed by atoms with van der Waals surface area (Å²) in [5.74, 6) is -0.518. The first kappa shape index (κ1) is 12.0. The van der Waals surface area contributed by atoms with Crippen molar-refractivity contribution < 1.29 is 14.3 Å². The summed E-state index contributed by atoms with van der Waals surface area (Å²) in [7, 11) is 0. The Hall–Kier alpha value is -0.970. The van der Waals surface area contributed by atoms with Crippen LogP contribution in [-0.4, -0.2) is 31.3 Å². The average Bonchev–Trinajstić information content (AvgIpc) is 2.08. The third-order valence-corrected chi connectivity index (χ3v) is 1.47. The first-order chi connectivity index (χ1) is 6.16. The molecule has 0 heterocycles. The Morgan fingerprint density at radius 1 is 1.54 bits per heavy atom. The van der Waals surface area contributed by atoms with Crippen LogP contribution in [0.3, 0.4) is 0 Å². The van der Waals surface area contributed by atoms with E-state index < -0.39 is 0 Å². The van der Waals surface area contributed by atoms with Gasteiger partial charge in [0.2, 0.25) is 5.91 Å². The quantitative estimate of drug-likeness (QED) is 0.402. The van der Waals surface area contributed by atoms with Crippen molar-refractivity contribution in [3.63, 3.8) is 0 Å². The van der Waals surface area contributed by atoms with Gasteiger partial charge in [-0.3, -0.25) is 9.59 Å². The summed E-state index contributed by atoms with van der Waals surface area (Å²) in [4.78, 5) is 21.2. The molecule has 74 valence electrons. The van der Waals surface area contributed by atoms with E-state index in [0.717, 1.165) is 0 Å². The van der Waals surface area contributed by atoms with Gasteiger partial charge in [-0.15, -0.1) is 11.8 Å². The van der Waals surface area contributed by atoms with E-state index >= 15 is 0 Å². The number of amides is 1. The van der Waals surface area contributed by atoms with Crippen molar-refractivity contribution in [2.75, 3.05) is 19.4 Å². The van der Waals surface area contributed by atoms with Crippen LogP contribution in [0.15, 0.2) is 11.5 Å². The fraction of sp³-hybridized carbons (Fsp3) is 0.500. The second kappa shape index (κ2) is 7.67. The zero-order chi connectivity index (χ0) is 10.1. The summed E-state index contributed by atoms with van der Waals surface area (Å²) in [6.07, 6.45) is 3.29. The van der Waals surface area contributed by atoms with E-state index in [0.29, 0.717) is 6.54 Å². The largest absolute Gasteiger partial charge is 0.464 e. The number of carbonyl (C=O) groups excluding carboxylic acids is 2. The summed E-state index contributed by atoms with van der Waals surface area (Å²) >= 11 is 1.45. The smallest absolute Gasteiger partial charge is 0.302 e. The summed E-state index contributed by atoms with van der Waals surface area (Å²) in [5, 5.41) is 4.24. The molecule has 0 saturated carbocycles. The molecule has 0 bridgehead atoms. The molecular formula is C8H13NO3S. The Morgan fingerprint density at radius 3 is 2.77 bits per heavy atom. The fourth-order valence-electron chi connectivity index (χ4n) is 0.558. The molecule has 0 aliphatic rings. The third-order valence-electron chi connectivity index (χ3n) is 1.06. The van der Waals surface area contributed by atoms with Gasteiger partial charge >= 0.3 is 5.97 Å². The van der Waals surface area contributed by atoms with Gasteiger partial charge in [0.25, 0.3) is 0 Å². The van der Waals surface area contributed by atoms with Crippen molar-refractivity contribution in [2.24, 2.45) is 0 Å². The molecule has 0 aromatic heterocycles. The Balaban J connectivity index is 3.37. The molecule has 0 aliphatic carbocycles. The highest BCUT2D eigenvalue weighted by Crippen LogP contribution is 1.91. The molecule has 0 atom stereocenters. The normalized spacial score (nSPS) is 10.0.